The molecule has 2 N–H and O–H groups in total. The second-order valence-electron chi connectivity index (χ2n) is 2.07. The van der Waals surface area contributed by atoms with E-state index in [1.54, 1.807) is 13.0 Å². The van der Waals surface area contributed by atoms with Crippen LogP contribution in [0.2, 0.25) is 0 Å². The van der Waals surface area contributed by atoms with E-state index in [-0.39, 0.29) is 5.09 Å². The highest BCUT2D eigenvalue weighted by Gasteiger charge is 2.16. The Labute approximate surface area is 72.6 Å². The van der Waals surface area contributed by atoms with Gasteiger partial charge in [-0.2, -0.15) is 0 Å². The van der Waals surface area contributed by atoms with E-state index in [9.17, 15) is 8.42 Å². The summed E-state index contributed by atoms with van der Waals surface area (Å²) in [7, 11) is -3.71. The molecule has 0 fully saturated rings. The standard InChI is InChI=1S/C5H6BrNO3S/c1-3-2-4(6)10-5(3)11(7,8)9/h2H,1H3,(H2,7,8,9). The van der Waals surface area contributed by atoms with Crippen molar-refractivity contribution in [3.05, 3.63) is 16.3 Å². The van der Waals surface area contributed by atoms with Gasteiger partial charge in [-0.3, -0.25) is 0 Å². The molecule has 1 aromatic heterocycles. The SMILES string of the molecule is Cc1cc(Br)oc1S(N)(=O)=O. The maximum Gasteiger partial charge on any atom is 0.271 e. The van der Waals surface area contributed by atoms with Crippen molar-refractivity contribution in [3.63, 3.8) is 0 Å². The largest absolute Gasteiger partial charge is 0.436 e. The molecule has 0 saturated carbocycles. The lowest BCUT2D eigenvalue weighted by Gasteiger charge is -1.91. The van der Waals surface area contributed by atoms with Crippen molar-refractivity contribution in [2.45, 2.75) is 12.0 Å². The predicted molar refractivity (Wildman–Crippen MR) is 42.5 cm³/mol. The zero-order valence-electron chi connectivity index (χ0n) is 5.67. The Bertz CT molecular complexity index is 367. The molecule has 0 unspecified atom stereocenters. The lowest BCUT2D eigenvalue weighted by Crippen LogP contribution is -2.12. The number of hydrogen-bond donors (Lipinski definition) is 1. The Kier molecular flexibility index (Phi) is 2.08. The summed E-state index contributed by atoms with van der Waals surface area (Å²) >= 11 is 2.99. The van der Waals surface area contributed by atoms with E-state index in [0.29, 0.717) is 10.2 Å². The van der Waals surface area contributed by atoms with Gasteiger partial charge in [0, 0.05) is 5.56 Å². The summed E-state index contributed by atoms with van der Waals surface area (Å²) in [6.07, 6.45) is 0. The maximum absolute atomic E-state index is 10.7. The van der Waals surface area contributed by atoms with Crippen molar-refractivity contribution in [1.82, 2.24) is 0 Å². The number of primary sulfonamides is 1. The summed E-state index contributed by atoms with van der Waals surface area (Å²) in [5.74, 6) is 0. The molecule has 1 heterocycles. The van der Waals surface area contributed by atoms with Gasteiger partial charge in [-0.05, 0) is 28.9 Å². The van der Waals surface area contributed by atoms with Gasteiger partial charge in [0.05, 0.1) is 0 Å². The van der Waals surface area contributed by atoms with Crippen LogP contribution in [-0.2, 0) is 10.0 Å². The molecule has 0 saturated heterocycles. The van der Waals surface area contributed by atoms with Crippen LogP contribution in [0.1, 0.15) is 5.56 Å². The average molecular weight is 240 g/mol. The molecule has 0 radical (unpaired) electrons. The number of rotatable bonds is 1. The summed E-state index contributed by atoms with van der Waals surface area (Å²) in [6.45, 7) is 1.61. The van der Waals surface area contributed by atoms with Gasteiger partial charge >= 0.3 is 0 Å². The van der Waals surface area contributed by atoms with Gasteiger partial charge in [-0.1, -0.05) is 0 Å². The Morgan fingerprint density at radius 1 is 1.64 bits per heavy atom. The van der Waals surface area contributed by atoms with Crippen LogP contribution in [0.25, 0.3) is 0 Å². The second kappa shape index (κ2) is 2.62. The van der Waals surface area contributed by atoms with Crippen molar-refractivity contribution in [2.75, 3.05) is 0 Å². The molecule has 11 heavy (non-hydrogen) atoms. The molecule has 0 aromatic carbocycles. The van der Waals surface area contributed by atoms with E-state index in [0.717, 1.165) is 0 Å². The average Bonchev–Trinajstić information content (AvgIpc) is 2.08. The van der Waals surface area contributed by atoms with Gasteiger partial charge in [0.2, 0.25) is 5.09 Å². The molecular weight excluding hydrogens is 234 g/mol. The topological polar surface area (TPSA) is 73.3 Å². The molecule has 4 nitrogen and oxygen atoms in total. The zero-order valence-corrected chi connectivity index (χ0v) is 8.07. The second-order valence-corrected chi connectivity index (χ2v) is 4.31. The Balaban J connectivity index is 3.36. The van der Waals surface area contributed by atoms with Crippen LogP contribution >= 0.6 is 15.9 Å². The van der Waals surface area contributed by atoms with Gasteiger partial charge in [-0.15, -0.1) is 0 Å². The Hall–Kier alpha value is -0.330. The lowest BCUT2D eigenvalue weighted by molar-refractivity contribution is 0.429. The fourth-order valence-corrected chi connectivity index (χ4v) is 2.04. The first-order valence-electron chi connectivity index (χ1n) is 2.70. The summed E-state index contributed by atoms with van der Waals surface area (Å²) < 4.78 is 26.6. The van der Waals surface area contributed by atoms with Crippen LogP contribution in [0, 0.1) is 6.92 Å². The quantitative estimate of drug-likeness (QED) is 0.795. The first-order valence-corrected chi connectivity index (χ1v) is 5.04. The van der Waals surface area contributed by atoms with Crippen LogP contribution in [0.5, 0.6) is 0 Å². The van der Waals surface area contributed by atoms with Gasteiger partial charge in [0.25, 0.3) is 10.0 Å². The van der Waals surface area contributed by atoms with E-state index in [4.69, 9.17) is 9.56 Å². The Morgan fingerprint density at radius 2 is 2.18 bits per heavy atom. The van der Waals surface area contributed by atoms with Crippen LogP contribution in [-0.4, -0.2) is 8.42 Å². The number of halogens is 1. The zero-order chi connectivity index (χ0) is 8.65. The van der Waals surface area contributed by atoms with E-state index < -0.39 is 10.0 Å². The molecular formula is C5H6BrNO3S. The third-order valence-electron chi connectivity index (χ3n) is 1.10. The van der Waals surface area contributed by atoms with E-state index in [1.165, 1.54) is 0 Å². The number of aryl methyl sites for hydroxylation is 1. The van der Waals surface area contributed by atoms with Crippen LogP contribution < -0.4 is 5.14 Å². The highest BCUT2D eigenvalue weighted by molar-refractivity contribution is 9.10. The van der Waals surface area contributed by atoms with Crippen molar-refractivity contribution < 1.29 is 12.8 Å². The number of sulfonamides is 1. The van der Waals surface area contributed by atoms with Crippen LogP contribution in [0.3, 0.4) is 0 Å². The summed E-state index contributed by atoms with van der Waals surface area (Å²) in [5, 5.41) is 4.64. The first kappa shape index (κ1) is 8.76. The van der Waals surface area contributed by atoms with E-state index in [1.807, 2.05) is 0 Å². The highest BCUT2D eigenvalue weighted by atomic mass is 79.9. The van der Waals surface area contributed by atoms with Gasteiger partial charge in [-0.25, -0.2) is 13.6 Å². The van der Waals surface area contributed by atoms with Crippen molar-refractivity contribution in [2.24, 2.45) is 5.14 Å². The molecule has 0 aliphatic rings. The third kappa shape index (κ3) is 1.82. The fourth-order valence-electron chi connectivity index (χ4n) is 0.710. The van der Waals surface area contributed by atoms with Crippen molar-refractivity contribution in [3.8, 4) is 0 Å². The molecule has 0 bridgehead atoms. The lowest BCUT2D eigenvalue weighted by atomic mass is 10.4. The number of hydrogen-bond acceptors (Lipinski definition) is 3. The molecule has 0 atom stereocenters. The summed E-state index contributed by atoms with van der Waals surface area (Å²) in [6, 6.07) is 1.54. The predicted octanol–water partition coefficient (Wildman–Crippen LogP) is 0.998. The molecule has 62 valence electrons. The number of furan rings is 1. The van der Waals surface area contributed by atoms with Gasteiger partial charge in [0.15, 0.2) is 4.67 Å². The highest BCUT2D eigenvalue weighted by Crippen LogP contribution is 2.22. The van der Waals surface area contributed by atoms with Gasteiger partial charge in [0.1, 0.15) is 0 Å². The first-order chi connectivity index (χ1) is 4.91. The minimum atomic E-state index is -3.71. The van der Waals surface area contributed by atoms with Crippen molar-refractivity contribution in [1.29, 1.82) is 0 Å². The third-order valence-corrected chi connectivity index (χ3v) is 2.41. The summed E-state index contributed by atoms with van der Waals surface area (Å²) in [5.41, 5.74) is 0.499. The normalized spacial score (nSPS) is 11.9. The molecule has 1 aromatic rings. The van der Waals surface area contributed by atoms with E-state index in [2.05, 4.69) is 15.9 Å². The van der Waals surface area contributed by atoms with E-state index >= 15 is 0 Å². The molecule has 0 aliphatic heterocycles. The smallest absolute Gasteiger partial charge is 0.271 e. The molecule has 0 aliphatic carbocycles. The molecule has 6 heteroatoms. The minimum absolute atomic E-state index is 0.190. The molecule has 1 rings (SSSR count). The van der Waals surface area contributed by atoms with Crippen molar-refractivity contribution >= 4 is 26.0 Å². The Morgan fingerprint density at radius 3 is 2.36 bits per heavy atom. The fraction of sp³-hybridized carbons (Fsp3) is 0.200. The summed E-state index contributed by atoms with van der Waals surface area (Å²) in [4.78, 5) is 0. The number of nitrogens with two attached hydrogens (primary N) is 1. The molecule has 0 amide bonds. The van der Waals surface area contributed by atoms with Crippen LogP contribution in [0.15, 0.2) is 20.2 Å². The minimum Gasteiger partial charge on any atom is -0.436 e. The maximum atomic E-state index is 10.7. The monoisotopic (exact) mass is 239 g/mol. The van der Waals surface area contributed by atoms with Crippen LogP contribution in [0.4, 0.5) is 0 Å². The molecule has 0 spiro atoms. The van der Waals surface area contributed by atoms with Gasteiger partial charge < -0.3 is 4.42 Å².